The van der Waals surface area contributed by atoms with Crippen LogP contribution < -0.4 is 9.47 Å². The fourth-order valence-electron chi connectivity index (χ4n) is 2.64. The molecule has 2 nitrogen and oxygen atoms in total. The average Bonchev–Trinajstić information content (AvgIpc) is 2.46. The van der Waals surface area contributed by atoms with E-state index in [2.05, 4.69) is 12.1 Å². The van der Waals surface area contributed by atoms with Crippen molar-refractivity contribution >= 4 is 11.1 Å². The molecule has 0 unspecified atom stereocenters. The lowest BCUT2D eigenvalue weighted by Crippen LogP contribution is -2.18. The molecule has 2 aliphatic heterocycles. The molecule has 0 atom stereocenters. The Labute approximate surface area is 105 Å². The van der Waals surface area contributed by atoms with E-state index >= 15 is 0 Å². The third-order valence-corrected chi connectivity index (χ3v) is 3.53. The fraction of sp³-hybridized carbons (Fsp3) is 0.125. The molecule has 2 heteroatoms. The van der Waals surface area contributed by atoms with Crippen LogP contribution in [0.25, 0.3) is 11.1 Å². The predicted octanol–water partition coefficient (Wildman–Crippen LogP) is 3.38. The molecule has 88 valence electrons. The fourth-order valence-corrected chi connectivity index (χ4v) is 2.64. The molecule has 2 aromatic rings. The first-order valence-electron chi connectivity index (χ1n) is 6.10. The number of hydrogen-bond donors (Lipinski definition) is 0. The minimum Gasteiger partial charge on any atom is -0.488 e. The molecule has 2 aliphatic rings. The normalized spacial score (nSPS) is 16.0. The van der Waals surface area contributed by atoms with E-state index in [4.69, 9.17) is 9.47 Å². The topological polar surface area (TPSA) is 18.5 Å². The number of benzene rings is 2. The SMILES string of the molecule is c1ccc2c(c1)OCC1=C2COc2ccccc21. The van der Waals surface area contributed by atoms with E-state index in [0.717, 1.165) is 22.6 Å². The van der Waals surface area contributed by atoms with Gasteiger partial charge in [0.1, 0.15) is 24.7 Å². The van der Waals surface area contributed by atoms with Crippen molar-refractivity contribution in [3.8, 4) is 11.5 Å². The van der Waals surface area contributed by atoms with Gasteiger partial charge in [0, 0.05) is 22.3 Å². The van der Waals surface area contributed by atoms with Crippen molar-refractivity contribution in [3.63, 3.8) is 0 Å². The lowest BCUT2D eigenvalue weighted by molar-refractivity contribution is 0.337. The quantitative estimate of drug-likeness (QED) is 0.698. The highest BCUT2D eigenvalue weighted by Gasteiger charge is 2.26. The van der Waals surface area contributed by atoms with Gasteiger partial charge in [0.25, 0.3) is 0 Å². The molecule has 0 saturated carbocycles. The molecule has 0 spiro atoms. The van der Waals surface area contributed by atoms with Crippen LogP contribution >= 0.6 is 0 Å². The summed E-state index contributed by atoms with van der Waals surface area (Å²) in [6.45, 7) is 1.26. The number of para-hydroxylation sites is 2. The van der Waals surface area contributed by atoms with Gasteiger partial charge in [-0.15, -0.1) is 0 Å². The average molecular weight is 236 g/mol. The van der Waals surface area contributed by atoms with Crippen molar-refractivity contribution in [1.29, 1.82) is 0 Å². The maximum atomic E-state index is 5.84. The third-order valence-electron chi connectivity index (χ3n) is 3.53. The zero-order chi connectivity index (χ0) is 11.9. The van der Waals surface area contributed by atoms with Gasteiger partial charge in [0.2, 0.25) is 0 Å². The molecule has 0 N–H and O–H groups in total. The second kappa shape index (κ2) is 3.64. The molecule has 0 aromatic heterocycles. The molecular formula is C16H12O2. The van der Waals surface area contributed by atoms with Crippen LogP contribution in [0.4, 0.5) is 0 Å². The second-order valence-corrected chi connectivity index (χ2v) is 4.53. The summed E-state index contributed by atoms with van der Waals surface area (Å²) in [4.78, 5) is 0. The van der Waals surface area contributed by atoms with E-state index in [1.165, 1.54) is 11.1 Å². The molecule has 2 aromatic carbocycles. The van der Waals surface area contributed by atoms with Crippen LogP contribution in [0, 0.1) is 0 Å². The zero-order valence-corrected chi connectivity index (χ0v) is 9.85. The molecular weight excluding hydrogens is 224 g/mol. The van der Waals surface area contributed by atoms with Gasteiger partial charge in [-0.1, -0.05) is 36.4 Å². The van der Waals surface area contributed by atoms with Crippen molar-refractivity contribution in [2.24, 2.45) is 0 Å². The van der Waals surface area contributed by atoms with Gasteiger partial charge in [-0.2, -0.15) is 0 Å². The maximum absolute atomic E-state index is 5.84. The number of ether oxygens (including phenoxy) is 2. The van der Waals surface area contributed by atoms with Crippen molar-refractivity contribution in [2.45, 2.75) is 0 Å². The van der Waals surface area contributed by atoms with Crippen LogP contribution in [0.2, 0.25) is 0 Å². The Bertz CT molecular complexity index is 598. The van der Waals surface area contributed by atoms with Gasteiger partial charge < -0.3 is 9.47 Å². The van der Waals surface area contributed by atoms with Crippen LogP contribution in [-0.4, -0.2) is 13.2 Å². The van der Waals surface area contributed by atoms with Crippen LogP contribution in [0.1, 0.15) is 11.1 Å². The minimum absolute atomic E-state index is 0.632. The van der Waals surface area contributed by atoms with Gasteiger partial charge in [-0.25, -0.2) is 0 Å². The van der Waals surface area contributed by atoms with Gasteiger partial charge in [0.05, 0.1) is 0 Å². The molecule has 2 heterocycles. The summed E-state index contributed by atoms with van der Waals surface area (Å²) >= 11 is 0. The second-order valence-electron chi connectivity index (χ2n) is 4.53. The summed E-state index contributed by atoms with van der Waals surface area (Å²) in [5, 5.41) is 0. The summed E-state index contributed by atoms with van der Waals surface area (Å²) in [7, 11) is 0. The molecule has 4 rings (SSSR count). The highest BCUT2D eigenvalue weighted by molar-refractivity contribution is 5.97. The van der Waals surface area contributed by atoms with E-state index in [-0.39, 0.29) is 0 Å². The van der Waals surface area contributed by atoms with Crippen LogP contribution in [-0.2, 0) is 0 Å². The van der Waals surface area contributed by atoms with E-state index in [1.807, 2.05) is 36.4 Å². The monoisotopic (exact) mass is 236 g/mol. The first-order valence-corrected chi connectivity index (χ1v) is 6.10. The van der Waals surface area contributed by atoms with Crippen molar-refractivity contribution < 1.29 is 9.47 Å². The van der Waals surface area contributed by atoms with Gasteiger partial charge in [-0.3, -0.25) is 0 Å². The predicted molar refractivity (Wildman–Crippen MR) is 70.7 cm³/mol. The number of rotatable bonds is 0. The maximum Gasteiger partial charge on any atom is 0.127 e. The lowest BCUT2D eigenvalue weighted by Gasteiger charge is -2.29. The third kappa shape index (κ3) is 1.29. The highest BCUT2D eigenvalue weighted by atomic mass is 16.5. The van der Waals surface area contributed by atoms with Crippen molar-refractivity contribution in [1.82, 2.24) is 0 Å². The molecule has 0 saturated heterocycles. The van der Waals surface area contributed by atoms with E-state index in [1.54, 1.807) is 0 Å². The molecule has 0 fully saturated rings. The highest BCUT2D eigenvalue weighted by Crippen LogP contribution is 2.42. The summed E-state index contributed by atoms with van der Waals surface area (Å²) in [5.74, 6) is 1.92. The summed E-state index contributed by atoms with van der Waals surface area (Å²) in [6.07, 6.45) is 0. The van der Waals surface area contributed by atoms with Crippen LogP contribution in [0.3, 0.4) is 0 Å². The Morgan fingerprint density at radius 2 is 1.06 bits per heavy atom. The number of fused-ring (bicyclic) bond motifs is 4. The van der Waals surface area contributed by atoms with E-state index < -0.39 is 0 Å². The Balaban J connectivity index is 1.96. The smallest absolute Gasteiger partial charge is 0.127 e. The molecule has 18 heavy (non-hydrogen) atoms. The molecule has 0 radical (unpaired) electrons. The Kier molecular flexibility index (Phi) is 1.97. The summed E-state index contributed by atoms with van der Waals surface area (Å²) < 4.78 is 11.7. The van der Waals surface area contributed by atoms with Crippen LogP contribution in [0.5, 0.6) is 11.5 Å². The molecule has 0 aliphatic carbocycles. The van der Waals surface area contributed by atoms with E-state index in [0.29, 0.717) is 13.2 Å². The number of hydrogen-bond acceptors (Lipinski definition) is 2. The van der Waals surface area contributed by atoms with Gasteiger partial charge in [-0.05, 0) is 12.1 Å². The first kappa shape index (κ1) is 9.77. The Morgan fingerprint density at radius 3 is 1.56 bits per heavy atom. The Hall–Kier alpha value is -2.22. The minimum atomic E-state index is 0.632. The van der Waals surface area contributed by atoms with Crippen molar-refractivity contribution in [2.75, 3.05) is 13.2 Å². The van der Waals surface area contributed by atoms with Gasteiger partial charge >= 0.3 is 0 Å². The van der Waals surface area contributed by atoms with Crippen LogP contribution in [0.15, 0.2) is 48.5 Å². The Morgan fingerprint density at radius 1 is 0.611 bits per heavy atom. The largest absolute Gasteiger partial charge is 0.488 e. The van der Waals surface area contributed by atoms with E-state index in [9.17, 15) is 0 Å². The standard InChI is InChI=1S/C16H12O2/c1-3-7-15-11(5-1)13-9-18-16-8-4-2-6-12(16)14(13)10-17-15/h1-8H,9-10H2. The van der Waals surface area contributed by atoms with Crippen molar-refractivity contribution in [3.05, 3.63) is 59.7 Å². The zero-order valence-electron chi connectivity index (χ0n) is 9.85. The lowest BCUT2D eigenvalue weighted by atomic mass is 9.91. The summed E-state index contributed by atoms with van der Waals surface area (Å²) in [5.41, 5.74) is 4.84. The van der Waals surface area contributed by atoms with Gasteiger partial charge in [0.15, 0.2) is 0 Å². The first-order chi connectivity index (χ1) is 8.93. The summed E-state index contributed by atoms with van der Waals surface area (Å²) in [6, 6.07) is 16.3. The molecule has 0 amide bonds. The molecule has 0 bridgehead atoms.